The number of carbonyl (C=O) groups is 1. The lowest BCUT2D eigenvalue weighted by Crippen LogP contribution is -2.37. The van der Waals surface area contributed by atoms with Crippen molar-refractivity contribution in [3.05, 3.63) is 42.0 Å². The summed E-state index contributed by atoms with van der Waals surface area (Å²) < 4.78 is 0. The van der Waals surface area contributed by atoms with Gasteiger partial charge in [-0.05, 0) is 38.5 Å². The maximum Gasteiger partial charge on any atom is 0.254 e. The van der Waals surface area contributed by atoms with E-state index in [1.54, 1.807) is 17.0 Å². The summed E-state index contributed by atoms with van der Waals surface area (Å²) in [5.74, 6) is -0.00778. The monoisotopic (exact) mass is 232 g/mol. The number of anilines is 1. The topological polar surface area (TPSA) is 46.3 Å². The second-order valence-corrected chi connectivity index (χ2v) is 4.41. The minimum atomic E-state index is -0.00778. The van der Waals surface area contributed by atoms with Gasteiger partial charge in [-0.2, -0.15) is 0 Å². The summed E-state index contributed by atoms with van der Waals surface area (Å²) in [6.07, 6.45) is 1.73. The molecule has 0 spiro atoms. The third-order valence-corrected chi connectivity index (χ3v) is 2.74. The summed E-state index contributed by atoms with van der Waals surface area (Å²) in [6, 6.07) is 5.56. The van der Waals surface area contributed by atoms with Gasteiger partial charge in [0.1, 0.15) is 0 Å². The highest BCUT2D eigenvalue weighted by atomic mass is 16.2. The lowest BCUT2D eigenvalue weighted by atomic mass is 10.1. The number of aryl methyl sites for hydroxylation is 1. The molecule has 0 aromatic heterocycles. The van der Waals surface area contributed by atoms with Gasteiger partial charge in [0, 0.05) is 23.8 Å². The number of nitrogen functional groups attached to an aromatic ring is 1. The smallest absolute Gasteiger partial charge is 0.254 e. The summed E-state index contributed by atoms with van der Waals surface area (Å²) in [5, 5.41) is 0. The molecule has 0 saturated carbocycles. The van der Waals surface area contributed by atoms with Crippen molar-refractivity contribution >= 4 is 11.6 Å². The van der Waals surface area contributed by atoms with Crippen LogP contribution in [0.5, 0.6) is 0 Å². The highest BCUT2D eigenvalue weighted by Gasteiger charge is 2.17. The predicted octanol–water partition coefficient (Wildman–Crippen LogP) is 2.61. The molecule has 1 aromatic rings. The molecular formula is C14H20N2O. The van der Waals surface area contributed by atoms with E-state index in [0.717, 1.165) is 5.56 Å². The van der Waals surface area contributed by atoms with Crippen molar-refractivity contribution in [1.82, 2.24) is 4.90 Å². The number of nitrogens with zero attached hydrogens (tertiary/aromatic N) is 1. The average molecular weight is 232 g/mol. The molecule has 92 valence electrons. The fourth-order valence-corrected chi connectivity index (χ4v) is 1.61. The molecule has 0 unspecified atom stereocenters. The van der Waals surface area contributed by atoms with Gasteiger partial charge in [0.05, 0.1) is 0 Å². The lowest BCUT2D eigenvalue weighted by molar-refractivity contribution is 0.0729. The first-order valence-corrected chi connectivity index (χ1v) is 5.75. The Morgan fingerprint density at radius 2 is 2.18 bits per heavy atom. The lowest BCUT2D eigenvalue weighted by Gasteiger charge is -2.25. The van der Waals surface area contributed by atoms with Crippen LogP contribution >= 0.6 is 0 Å². The first-order chi connectivity index (χ1) is 7.97. The molecule has 3 nitrogen and oxygen atoms in total. The Kier molecular flexibility index (Phi) is 4.32. The zero-order chi connectivity index (χ0) is 13.0. The molecule has 1 rings (SSSR count). The van der Waals surface area contributed by atoms with Gasteiger partial charge in [-0.3, -0.25) is 4.79 Å². The Hall–Kier alpha value is -1.77. The van der Waals surface area contributed by atoms with Crippen LogP contribution in [-0.4, -0.2) is 23.4 Å². The fourth-order valence-electron chi connectivity index (χ4n) is 1.61. The van der Waals surface area contributed by atoms with Crippen LogP contribution in [0.4, 0.5) is 5.69 Å². The van der Waals surface area contributed by atoms with E-state index in [-0.39, 0.29) is 11.9 Å². The van der Waals surface area contributed by atoms with Gasteiger partial charge in [0.25, 0.3) is 5.91 Å². The normalized spacial score (nSPS) is 10.4. The molecule has 3 heteroatoms. The van der Waals surface area contributed by atoms with Crippen molar-refractivity contribution in [3.8, 4) is 0 Å². The van der Waals surface area contributed by atoms with Crippen LogP contribution in [0.2, 0.25) is 0 Å². The Balaban J connectivity index is 3.00. The third kappa shape index (κ3) is 3.09. The Morgan fingerprint density at radius 3 is 2.65 bits per heavy atom. The molecule has 0 aliphatic heterocycles. The minimum Gasteiger partial charge on any atom is -0.398 e. The van der Waals surface area contributed by atoms with E-state index in [9.17, 15) is 4.79 Å². The van der Waals surface area contributed by atoms with Crippen LogP contribution in [0.1, 0.15) is 29.8 Å². The van der Waals surface area contributed by atoms with Crippen molar-refractivity contribution in [2.75, 3.05) is 12.3 Å². The van der Waals surface area contributed by atoms with Gasteiger partial charge in [-0.15, -0.1) is 6.58 Å². The van der Waals surface area contributed by atoms with Gasteiger partial charge < -0.3 is 10.6 Å². The van der Waals surface area contributed by atoms with Crippen molar-refractivity contribution < 1.29 is 4.79 Å². The summed E-state index contributed by atoms with van der Waals surface area (Å²) >= 11 is 0. The molecule has 0 radical (unpaired) electrons. The Morgan fingerprint density at radius 1 is 1.53 bits per heavy atom. The number of hydrogen-bond acceptors (Lipinski definition) is 2. The average Bonchev–Trinajstić information content (AvgIpc) is 2.28. The van der Waals surface area contributed by atoms with Gasteiger partial charge >= 0.3 is 0 Å². The van der Waals surface area contributed by atoms with Crippen LogP contribution in [0, 0.1) is 6.92 Å². The van der Waals surface area contributed by atoms with Gasteiger partial charge in [0.2, 0.25) is 0 Å². The second kappa shape index (κ2) is 5.53. The van der Waals surface area contributed by atoms with Crippen molar-refractivity contribution in [3.63, 3.8) is 0 Å². The van der Waals surface area contributed by atoms with Gasteiger partial charge in [-0.1, -0.05) is 12.1 Å². The fraction of sp³-hybridized carbons (Fsp3) is 0.357. The molecule has 0 fully saturated rings. The Bertz CT molecular complexity index is 424. The van der Waals surface area contributed by atoms with Crippen LogP contribution in [-0.2, 0) is 0 Å². The maximum atomic E-state index is 12.3. The molecule has 2 N–H and O–H groups in total. The zero-order valence-corrected chi connectivity index (χ0v) is 10.7. The predicted molar refractivity (Wildman–Crippen MR) is 72.0 cm³/mol. The molecule has 0 heterocycles. The van der Waals surface area contributed by atoms with E-state index < -0.39 is 0 Å². The van der Waals surface area contributed by atoms with Gasteiger partial charge in [0.15, 0.2) is 0 Å². The molecule has 17 heavy (non-hydrogen) atoms. The quantitative estimate of drug-likeness (QED) is 0.640. The van der Waals surface area contributed by atoms with Crippen LogP contribution in [0.3, 0.4) is 0 Å². The van der Waals surface area contributed by atoms with Crippen molar-refractivity contribution in [1.29, 1.82) is 0 Å². The number of amides is 1. The SMILES string of the molecule is C=CCN(C(=O)c1ccc(C)c(N)c1)C(C)C. The summed E-state index contributed by atoms with van der Waals surface area (Å²) in [5.41, 5.74) is 8.08. The number of carbonyl (C=O) groups excluding carboxylic acids is 1. The van der Waals surface area contributed by atoms with Crippen molar-refractivity contribution in [2.24, 2.45) is 0 Å². The van der Waals surface area contributed by atoms with Crippen molar-refractivity contribution in [2.45, 2.75) is 26.8 Å². The van der Waals surface area contributed by atoms with Crippen LogP contribution in [0.15, 0.2) is 30.9 Å². The standard InChI is InChI=1S/C14H20N2O/c1-5-8-16(10(2)3)14(17)12-7-6-11(4)13(15)9-12/h5-7,9-10H,1,8,15H2,2-4H3. The first kappa shape index (κ1) is 13.3. The summed E-state index contributed by atoms with van der Waals surface area (Å²) in [7, 11) is 0. The number of hydrogen-bond donors (Lipinski definition) is 1. The first-order valence-electron chi connectivity index (χ1n) is 5.75. The van der Waals surface area contributed by atoms with Crippen LogP contribution in [0.25, 0.3) is 0 Å². The largest absolute Gasteiger partial charge is 0.398 e. The minimum absolute atomic E-state index is 0.00778. The number of rotatable bonds is 4. The molecule has 0 aliphatic carbocycles. The highest BCUT2D eigenvalue weighted by Crippen LogP contribution is 2.15. The molecule has 0 bridgehead atoms. The maximum absolute atomic E-state index is 12.3. The molecular weight excluding hydrogens is 212 g/mol. The van der Waals surface area contributed by atoms with E-state index in [1.165, 1.54) is 0 Å². The van der Waals surface area contributed by atoms with E-state index in [4.69, 9.17) is 5.73 Å². The van der Waals surface area contributed by atoms with E-state index in [1.807, 2.05) is 32.9 Å². The highest BCUT2D eigenvalue weighted by molar-refractivity contribution is 5.95. The van der Waals surface area contributed by atoms with E-state index in [2.05, 4.69) is 6.58 Å². The van der Waals surface area contributed by atoms with E-state index >= 15 is 0 Å². The zero-order valence-electron chi connectivity index (χ0n) is 10.7. The van der Waals surface area contributed by atoms with E-state index in [0.29, 0.717) is 17.8 Å². The third-order valence-electron chi connectivity index (χ3n) is 2.74. The second-order valence-electron chi connectivity index (χ2n) is 4.41. The molecule has 1 amide bonds. The molecule has 1 aromatic carbocycles. The molecule has 0 atom stereocenters. The molecule has 0 saturated heterocycles. The molecule has 0 aliphatic rings. The van der Waals surface area contributed by atoms with Gasteiger partial charge in [-0.25, -0.2) is 0 Å². The summed E-state index contributed by atoms with van der Waals surface area (Å²) in [6.45, 7) is 10.1. The Labute approximate surface area is 103 Å². The van der Waals surface area contributed by atoms with Crippen LogP contribution < -0.4 is 5.73 Å². The number of benzene rings is 1. The summed E-state index contributed by atoms with van der Waals surface area (Å²) in [4.78, 5) is 14.0. The number of nitrogens with two attached hydrogens (primary N) is 1.